The molecule has 2 atom stereocenters. The molecule has 0 aromatic heterocycles. The third-order valence-electron chi connectivity index (χ3n) is 5.02. The lowest BCUT2D eigenvalue weighted by Gasteiger charge is -2.59. The molecule has 2 N–H and O–H groups in total. The van der Waals surface area contributed by atoms with Crippen LogP contribution in [0.2, 0.25) is 0 Å². The summed E-state index contributed by atoms with van der Waals surface area (Å²) in [7, 11) is 1.72. The molecular formula is C16H32N2O3. The largest absolute Gasteiger partial charge is 0.389 e. The molecular weight excluding hydrogens is 268 g/mol. The Morgan fingerprint density at radius 1 is 1.43 bits per heavy atom. The van der Waals surface area contributed by atoms with Gasteiger partial charge >= 0.3 is 6.03 Å². The molecule has 0 saturated heterocycles. The molecule has 1 saturated carbocycles. The molecule has 1 rings (SSSR count). The molecule has 0 aromatic carbocycles. The molecule has 0 radical (unpaired) electrons. The van der Waals surface area contributed by atoms with E-state index in [1.54, 1.807) is 25.9 Å². The van der Waals surface area contributed by atoms with Gasteiger partial charge in [0, 0.05) is 24.6 Å². The fourth-order valence-electron chi connectivity index (χ4n) is 2.86. The van der Waals surface area contributed by atoms with Crippen molar-refractivity contribution in [2.45, 2.75) is 78.2 Å². The van der Waals surface area contributed by atoms with Gasteiger partial charge in [0.25, 0.3) is 0 Å². The lowest BCUT2D eigenvalue weighted by molar-refractivity contribution is -0.178. The average Bonchev–Trinajstić information content (AvgIpc) is 2.33. The van der Waals surface area contributed by atoms with Crippen LogP contribution in [0, 0.1) is 5.41 Å². The van der Waals surface area contributed by atoms with Crippen molar-refractivity contribution in [2.75, 3.05) is 13.7 Å². The summed E-state index contributed by atoms with van der Waals surface area (Å²) in [5.74, 6) is 0. The Kier molecular flexibility index (Phi) is 5.01. The van der Waals surface area contributed by atoms with E-state index in [0.29, 0.717) is 6.54 Å². The van der Waals surface area contributed by atoms with E-state index in [0.717, 1.165) is 6.42 Å². The molecule has 0 aromatic rings. The molecule has 5 heteroatoms. The van der Waals surface area contributed by atoms with Crippen LogP contribution in [0.5, 0.6) is 0 Å². The highest BCUT2D eigenvalue weighted by molar-refractivity contribution is 5.75. The standard InChI is InChI=1S/C16H32N2O3/c1-11(2)18(10-14(3,4)20)13(19)17-12-9-16(7,21-8)15(12,5)6/h11-12,20H,9-10H2,1-8H3,(H,17,19)/t12-,16-/m1/s1. The molecule has 5 nitrogen and oxygen atoms in total. The minimum Gasteiger partial charge on any atom is -0.389 e. The van der Waals surface area contributed by atoms with Gasteiger partial charge in [-0.25, -0.2) is 4.79 Å². The fraction of sp³-hybridized carbons (Fsp3) is 0.938. The molecule has 1 aliphatic carbocycles. The van der Waals surface area contributed by atoms with Gasteiger partial charge in [0.15, 0.2) is 0 Å². The van der Waals surface area contributed by atoms with E-state index in [4.69, 9.17) is 4.74 Å². The highest BCUT2D eigenvalue weighted by Crippen LogP contribution is 2.51. The van der Waals surface area contributed by atoms with Crippen molar-refractivity contribution in [3.8, 4) is 0 Å². The van der Waals surface area contributed by atoms with E-state index in [-0.39, 0.29) is 29.1 Å². The zero-order valence-electron chi connectivity index (χ0n) is 14.8. The molecule has 1 fully saturated rings. The second-order valence-electron chi connectivity index (χ2n) is 7.90. The first-order valence-electron chi connectivity index (χ1n) is 7.69. The highest BCUT2D eigenvalue weighted by Gasteiger charge is 2.58. The van der Waals surface area contributed by atoms with Gasteiger partial charge in [0.2, 0.25) is 0 Å². The number of nitrogens with zero attached hydrogens (tertiary/aromatic N) is 1. The Morgan fingerprint density at radius 2 is 1.95 bits per heavy atom. The van der Waals surface area contributed by atoms with Crippen LogP contribution in [0.1, 0.15) is 54.9 Å². The Labute approximate surface area is 129 Å². The number of rotatable bonds is 5. The summed E-state index contributed by atoms with van der Waals surface area (Å²) in [4.78, 5) is 14.2. The molecule has 0 unspecified atom stereocenters. The first-order valence-corrected chi connectivity index (χ1v) is 7.69. The molecule has 1 aliphatic rings. The van der Waals surface area contributed by atoms with E-state index in [2.05, 4.69) is 26.1 Å². The second kappa shape index (κ2) is 5.76. The van der Waals surface area contributed by atoms with E-state index in [1.165, 1.54) is 0 Å². The number of aliphatic hydroxyl groups is 1. The summed E-state index contributed by atoms with van der Waals surface area (Å²) in [5, 5.41) is 13.1. The first-order chi connectivity index (χ1) is 9.34. The van der Waals surface area contributed by atoms with Crippen LogP contribution >= 0.6 is 0 Å². The molecule has 0 spiro atoms. The lowest BCUT2D eigenvalue weighted by Crippen LogP contribution is -2.70. The van der Waals surface area contributed by atoms with Gasteiger partial charge in [-0.05, 0) is 41.0 Å². The third-order valence-corrected chi connectivity index (χ3v) is 5.02. The highest BCUT2D eigenvalue weighted by atomic mass is 16.5. The first kappa shape index (κ1) is 18.2. The number of urea groups is 1. The number of hydrogen-bond donors (Lipinski definition) is 2. The predicted molar refractivity (Wildman–Crippen MR) is 84.3 cm³/mol. The number of carbonyl (C=O) groups excluding carboxylic acids is 1. The van der Waals surface area contributed by atoms with Gasteiger partial charge in [-0.15, -0.1) is 0 Å². The zero-order chi connectivity index (χ0) is 16.6. The van der Waals surface area contributed by atoms with Crippen LogP contribution < -0.4 is 5.32 Å². The van der Waals surface area contributed by atoms with Crippen LogP contribution in [-0.2, 0) is 4.74 Å². The third kappa shape index (κ3) is 3.69. The number of nitrogens with one attached hydrogen (secondary N) is 1. The Bertz CT molecular complexity index is 387. The monoisotopic (exact) mass is 300 g/mol. The second-order valence-corrected chi connectivity index (χ2v) is 7.90. The van der Waals surface area contributed by atoms with Crippen molar-refractivity contribution in [1.29, 1.82) is 0 Å². The van der Waals surface area contributed by atoms with Crippen LogP contribution in [0.25, 0.3) is 0 Å². The van der Waals surface area contributed by atoms with Gasteiger partial charge in [0.1, 0.15) is 0 Å². The molecule has 124 valence electrons. The van der Waals surface area contributed by atoms with Gasteiger partial charge in [-0.3, -0.25) is 0 Å². The van der Waals surface area contributed by atoms with Crippen molar-refractivity contribution in [3.05, 3.63) is 0 Å². The molecule has 21 heavy (non-hydrogen) atoms. The van der Waals surface area contributed by atoms with Crippen molar-refractivity contribution >= 4 is 6.03 Å². The maximum atomic E-state index is 12.5. The number of amides is 2. The van der Waals surface area contributed by atoms with Crippen molar-refractivity contribution in [1.82, 2.24) is 10.2 Å². The minimum atomic E-state index is -0.905. The van der Waals surface area contributed by atoms with Gasteiger partial charge < -0.3 is 20.1 Å². The number of hydrogen-bond acceptors (Lipinski definition) is 3. The van der Waals surface area contributed by atoms with E-state index in [1.807, 2.05) is 13.8 Å². The van der Waals surface area contributed by atoms with Crippen molar-refractivity contribution in [3.63, 3.8) is 0 Å². The predicted octanol–water partition coefficient (Wildman–Crippen LogP) is 2.38. The number of ether oxygens (including phenoxy) is 1. The quantitative estimate of drug-likeness (QED) is 0.819. The number of carbonyl (C=O) groups is 1. The SMILES string of the molecule is CO[C@]1(C)C[C@@H](NC(=O)N(CC(C)(C)O)C(C)C)C1(C)C. The summed E-state index contributed by atoms with van der Waals surface area (Å²) < 4.78 is 5.58. The topological polar surface area (TPSA) is 61.8 Å². The smallest absolute Gasteiger partial charge is 0.317 e. The number of methoxy groups -OCH3 is 1. The maximum absolute atomic E-state index is 12.5. The van der Waals surface area contributed by atoms with Crippen LogP contribution in [0.3, 0.4) is 0 Å². The lowest BCUT2D eigenvalue weighted by atomic mass is 9.56. The van der Waals surface area contributed by atoms with Crippen molar-refractivity contribution in [2.24, 2.45) is 5.41 Å². The van der Waals surface area contributed by atoms with Crippen LogP contribution in [0.4, 0.5) is 4.79 Å². The van der Waals surface area contributed by atoms with Gasteiger partial charge in [0.05, 0.1) is 17.7 Å². The summed E-state index contributed by atoms with van der Waals surface area (Å²) in [6.45, 7) is 13.9. The molecule has 0 heterocycles. The van der Waals surface area contributed by atoms with Crippen LogP contribution in [0.15, 0.2) is 0 Å². The molecule has 0 aliphatic heterocycles. The van der Waals surface area contributed by atoms with Gasteiger partial charge in [-0.2, -0.15) is 0 Å². The summed E-state index contributed by atoms with van der Waals surface area (Å²) >= 11 is 0. The summed E-state index contributed by atoms with van der Waals surface area (Å²) in [5.41, 5.74) is -1.23. The Morgan fingerprint density at radius 3 is 2.29 bits per heavy atom. The van der Waals surface area contributed by atoms with E-state index < -0.39 is 5.60 Å². The van der Waals surface area contributed by atoms with E-state index in [9.17, 15) is 9.90 Å². The van der Waals surface area contributed by atoms with Gasteiger partial charge in [-0.1, -0.05) is 13.8 Å². The fourth-order valence-corrected chi connectivity index (χ4v) is 2.86. The molecule has 2 amide bonds. The zero-order valence-corrected chi connectivity index (χ0v) is 14.8. The summed E-state index contributed by atoms with van der Waals surface area (Å²) in [6.07, 6.45) is 0.802. The van der Waals surface area contributed by atoms with E-state index >= 15 is 0 Å². The normalized spacial score (nSPS) is 28.2. The maximum Gasteiger partial charge on any atom is 0.317 e. The Balaban J connectivity index is 2.72. The minimum absolute atomic E-state index is 0.0356. The summed E-state index contributed by atoms with van der Waals surface area (Å²) in [6, 6.07) is -0.00483. The van der Waals surface area contributed by atoms with Crippen molar-refractivity contribution < 1.29 is 14.6 Å². The average molecular weight is 300 g/mol. The van der Waals surface area contributed by atoms with Crippen LogP contribution in [-0.4, -0.2) is 53.0 Å². The molecule has 0 bridgehead atoms. The Hall–Kier alpha value is -0.810.